The summed E-state index contributed by atoms with van der Waals surface area (Å²) < 4.78 is 0. The average Bonchev–Trinajstić information content (AvgIpc) is 3.23. The smallest absolute Gasteiger partial charge is 0.0584 e. The van der Waals surface area contributed by atoms with E-state index in [1.807, 2.05) is 0 Å². The van der Waals surface area contributed by atoms with Crippen LogP contribution in [0.2, 0.25) is 0 Å². The molecule has 0 saturated heterocycles. The van der Waals surface area contributed by atoms with Crippen LogP contribution >= 0.6 is 0 Å². The largest absolute Gasteiger partial charge is 0.395 e. The Morgan fingerprint density at radius 2 is 1.89 bits per heavy atom. The van der Waals surface area contributed by atoms with Crippen molar-refractivity contribution in [1.82, 2.24) is 10.2 Å². The standard InChI is InChI=1S/C16H32N2O/c1-13-6-8-16(9-7-13,11-17-15-4-5-15)12-18(3)14(2)10-19/h13-15,17,19H,4-12H2,1-3H3. The first kappa shape index (κ1) is 15.3. The number of nitrogens with zero attached hydrogens (tertiary/aromatic N) is 1. The fourth-order valence-electron chi connectivity index (χ4n) is 3.24. The van der Waals surface area contributed by atoms with Gasteiger partial charge < -0.3 is 15.3 Å². The molecule has 3 nitrogen and oxygen atoms in total. The molecule has 112 valence electrons. The third-order valence-corrected chi connectivity index (χ3v) is 5.28. The first-order valence-corrected chi connectivity index (χ1v) is 8.09. The van der Waals surface area contributed by atoms with E-state index >= 15 is 0 Å². The molecule has 19 heavy (non-hydrogen) atoms. The molecule has 0 spiro atoms. The van der Waals surface area contributed by atoms with Gasteiger partial charge in [-0.3, -0.25) is 0 Å². The van der Waals surface area contributed by atoms with Gasteiger partial charge in [-0.15, -0.1) is 0 Å². The van der Waals surface area contributed by atoms with Crippen molar-refractivity contribution in [2.24, 2.45) is 11.3 Å². The number of aliphatic hydroxyl groups excluding tert-OH is 1. The molecule has 2 aliphatic carbocycles. The van der Waals surface area contributed by atoms with Crippen LogP contribution in [0.15, 0.2) is 0 Å². The molecule has 0 heterocycles. The van der Waals surface area contributed by atoms with Crippen LogP contribution in [0.1, 0.15) is 52.4 Å². The molecular weight excluding hydrogens is 236 g/mol. The van der Waals surface area contributed by atoms with Crippen LogP contribution in [0.25, 0.3) is 0 Å². The van der Waals surface area contributed by atoms with Gasteiger partial charge in [-0.1, -0.05) is 19.8 Å². The summed E-state index contributed by atoms with van der Waals surface area (Å²) >= 11 is 0. The molecule has 1 unspecified atom stereocenters. The molecule has 0 aromatic carbocycles. The molecule has 0 bridgehead atoms. The Bertz CT molecular complexity index is 270. The maximum Gasteiger partial charge on any atom is 0.0584 e. The van der Waals surface area contributed by atoms with Crippen LogP contribution in [-0.4, -0.2) is 48.8 Å². The van der Waals surface area contributed by atoms with Gasteiger partial charge in [-0.25, -0.2) is 0 Å². The maximum atomic E-state index is 9.33. The van der Waals surface area contributed by atoms with Crippen LogP contribution < -0.4 is 5.32 Å². The Hall–Kier alpha value is -0.120. The van der Waals surface area contributed by atoms with Crippen molar-refractivity contribution in [3.05, 3.63) is 0 Å². The van der Waals surface area contributed by atoms with Crippen LogP contribution in [0.5, 0.6) is 0 Å². The topological polar surface area (TPSA) is 35.5 Å². The van der Waals surface area contributed by atoms with Crippen LogP contribution in [0.4, 0.5) is 0 Å². The zero-order chi connectivity index (χ0) is 13.9. The predicted molar refractivity (Wildman–Crippen MR) is 80.3 cm³/mol. The van der Waals surface area contributed by atoms with E-state index in [1.54, 1.807) is 0 Å². The predicted octanol–water partition coefficient (Wildman–Crippen LogP) is 2.25. The molecule has 1 atom stereocenters. The molecule has 2 rings (SSSR count). The third kappa shape index (κ3) is 4.44. The summed E-state index contributed by atoms with van der Waals surface area (Å²) in [6.07, 6.45) is 8.17. The van der Waals surface area contributed by atoms with Crippen molar-refractivity contribution in [2.45, 2.75) is 64.5 Å². The molecular formula is C16H32N2O. The van der Waals surface area contributed by atoms with Crippen molar-refractivity contribution in [2.75, 3.05) is 26.7 Å². The van der Waals surface area contributed by atoms with E-state index in [4.69, 9.17) is 0 Å². The molecule has 2 N–H and O–H groups in total. The van der Waals surface area contributed by atoms with E-state index < -0.39 is 0 Å². The van der Waals surface area contributed by atoms with Gasteiger partial charge in [0.05, 0.1) is 6.61 Å². The molecule has 0 radical (unpaired) electrons. The monoisotopic (exact) mass is 268 g/mol. The SMILES string of the molecule is CC1CCC(CNC2CC2)(CN(C)C(C)CO)CC1. The Labute approximate surface area is 118 Å². The number of hydrogen-bond donors (Lipinski definition) is 2. The first-order chi connectivity index (χ1) is 9.04. The summed E-state index contributed by atoms with van der Waals surface area (Å²) in [7, 11) is 2.16. The van der Waals surface area contributed by atoms with Crippen molar-refractivity contribution in [3.63, 3.8) is 0 Å². The van der Waals surface area contributed by atoms with Crippen molar-refractivity contribution < 1.29 is 5.11 Å². The van der Waals surface area contributed by atoms with Gasteiger partial charge in [-0.05, 0) is 51.0 Å². The summed E-state index contributed by atoms with van der Waals surface area (Å²) in [6.45, 7) is 7.07. The molecule has 0 aromatic rings. The molecule has 0 amide bonds. The minimum Gasteiger partial charge on any atom is -0.395 e. The number of hydrogen-bond acceptors (Lipinski definition) is 3. The van der Waals surface area contributed by atoms with E-state index in [0.717, 1.165) is 18.5 Å². The van der Waals surface area contributed by atoms with Gasteiger partial charge in [-0.2, -0.15) is 0 Å². The van der Waals surface area contributed by atoms with Crippen LogP contribution in [-0.2, 0) is 0 Å². The summed E-state index contributed by atoms with van der Waals surface area (Å²) in [6, 6.07) is 1.08. The van der Waals surface area contributed by atoms with Crippen LogP contribution in [0, 0.1) is 11.3 Å². The highest BCUT2D eigenvalue weighted by atomic mass is 16.3. The number of likely N-dealkylation sites (N-methyl/N-ethyl adjacent to an activating group) is 1. The molecule has 3 heteroatoms. The lowest BCUT2D eigenvalue weighted by Gasteiger charge is -2.43. The van der Waals surface area contributed by atoms with E-state index in [2.05, 4.69) is 31.1 Å². The van der Waals surface area contributed by atoms with Crippen molar-refractivity contribution in [1.29, 1.82) is 0 Å². The second-order valence-electron chi connectivity index (χ2n) is 7.28. The number of nitrogens with one attached hydrogen (secondary N) is 1. The Morgan fingerprint density at radius 3 is 2.42 bits per heavy atom. The molecule has 2 fully saturated rings. The minimum atomic E-state index is 0.263. The Morgan fingerprint density at radius 1 is 1.26 bits per heavy atom. The number of aliphatic hydroxyl groups is 1. The number of rotatable bonds is 7. The van der Waals surface area contributed by atoms with Crippen LogP contribution in [0.3, 0.4) is 0 Å². The van der Waals surface area contributed by atoms with Crippen molar-refractivity contribution in [3.8, 4) is 0 Å². The van der Waals surface area contributed by atoms with Gasteiger partial charge in [0.2, 0.25) is 0 Å². The van der Waals surface area contributed by atoms with Gasteiger partial charge in [0.15, 0.2) is 0 Å². The fraction of sp³-hybridized carbons (Fsp3) is 1.00. The third-order valence-electron chi connectivity index (χ3n) is 5.28. The zero-order valence-electron chi connectivity index (χ0n) is 13.0. The highest BCUT2D eigenvalue weighted by Gasteiger charge is 2.37. The lowest BCUT2D eigenvalue weighted by Crippen LogP contribution is -2.48. The minimum absolute atomic E-state index is 0.263. The van der Waals surface area contributed by atoms with E-state index in [0.29, 0.717) is 5.41 Å². The summed E-state index contributed by atoms with van der Waals surface area (Å²) in [5, 5.41) is 13.1. The quantitative estimate of drug-likeness (QED) is 0.743. The second kappa shape index (κ2) is 6.55. The summed E-state index contributed by atoms with van der Waals surface area (Å²) in [5.41, 5.74) is 0.438. The lowest BCUT2D eigenvalue weighted by atomic mass is 9.70. The first-order valence-electron chi connectivity index (χ1n) is 8.09. The lowest BCUT2D eigenvalue weighted by molar-refractivity contribution is 0.0643. The zero-order valence-corrected chi connectivity index (χ0v) is 13.0. The summed E-state index contributed by atoms with van der Waals surface area (Å²) in [4.78, 5) is 2.35. The van der Waals surface area contributed by atoms with E-state index in [9.17, 15) is 5.11 Å². The second-order valence-corrected chi connectivity index (χ2v) is 7.28. The van der Waals surface area contributed by atoms with Gasteiger partial charge in [0, 0.05) is 25.2 Å². The molecule has 2 saturated carbocycles. The van der Waals surface area contributed by atoms with E-state index in [-0.39, 0.29) is 12.6 Å². The highest BCUT2D eigenvalue weighted by Crippen LogP contribution is 2.39. The fourth-order valence-corrected chi connectivity index (χ4v) is 3.24. The average molecular weight is 268 g/mol. The highest BCUT2D eigenvalue weighted by molar-refractivity contribution is 4.92. The maximum absolute atomic E-state index is 9.33. The van der Waals surface area contributed by atoms with Gasteiger partial charge in [0.25, 0.3) is 0 Å². The van der Waals surface area contributed by atoms with Crippen molar-refractivity contribution >= 4 is 0 Å². The molecule has 2 aliphatic rings. The summed E-state index contributed by atoms with van der Waals surface area (Å²) in [5.74, 6) is 0.898. The van der Waals surface area contributed by atoms with E-state index in [1.165, 1.54) is 45.1 Å². The molecule has 0 aromatic heterocycles. The van der Waals surface area contributed by atoms with Gasteiger partial charge >= 0.3 is 0 Å². The Kier molecular flexibility index (Phi) is 5.27. The normalized spacial score (nSPS) is 33.6. The van der Waals surface area contributed by atoms with Gasteiger partial charge in [0.1, 0.15) is 0 Å². The Balaban J connectivity index is 1.92. The molecule has 0 aliphatic heterocycles.